The Morgan fingerprint density at radius 3 is 1.91 bits per heavy atom. The molecule has 0 aliphatic carbocycles. The zero-order valence-corrected chi connectivity index (χ0v) is 17.5. The molecule has 3 heterocycles. The molecule has 0 atom stereocenters. The number of urea groups is 1. The van der Waals surface area contributed by atoms with E-state index in [1.54, 1.807) is 36.8 Å². The summed E-state index contributed by atoms with van der Waals surface area (Å²) in [5.41, 5.74) is 6.06. The molecule has 3 aromatic heterocycles. The van der Waals surface area contributed by atoms with Crippen molar-refractivity contribution < 1.29 is 13.6 Å². The number of anilines is 2. The van der Waals surface area contributed by atoms with Crippen molar-refractivity contribution in [3.63, 3.8) is 0 Å². The first-order valence-corrected chi connectivity index (χ1v) is 10.1. The smallest absolute Gasteiger partial charge is 0.323 e. The lowest BCUT2D eigenvalue weighted by atomic mass is 10.1. The van der Waals surface area contributed by atoms with E-state index in [1.807, 2.05) is 50.2 Å². The van der Waals surface area contributed by atoms with Crippen molar-refractivity contribution in [3.05, 3.63) is 84.3 Å². The van der Waals surface area contributed by atoms with E-state index in [9.17, 15) is 4.79 Å². The van der Waals surface area contributed by atoms with E-state index in [0.717, 1.165) is 11.3 Å². The van der Waals surface area contributed by atoms with Gasteiger partial charge < -0.3 is 19.5 Å². The molecule has 2 aromatic carbocycles. The molecule has 0 saturated heterocycles. The Balaban J connectivity index is 1.46. The van der Waals surface area contributed by atoms with E-state index >= 15 is 0 Å². The highest BCUT2D eigenvalue weighted by Crippen LogP contribution is 2.32. The van der Waals surface area contributed by atoms with Gasteiger partial charge >= 0.3 is 6.03 Å². The molecular formula is C25H20N4O3. The van der Waals surface area contributed by atoms with Gasteiger partial charge in [0, 0.05) is 11.4 Å². The average Bonchev–Trinajstić information content (AvgIpc) is 3.50. The standard InChI is InChI=1S/C25H20N4O3/c1-15-7-8-17(13-16(15)2)26-25(30)27-18-9-10-19-20(14-18)29-24(22-6-4-12-32-22)23(28-19)21-5-3-11-31-21/h3-14H,1-2H3,(H2,26,27,30). The summed E-state index contributed by atoms with van der Waals surface area (Å²) in [5, 5.41) is 5.71. The summed E-state index contributed by atoms with van der Waals surface area (Å²) in [6.45, 7) is 4.04. The summed E-state index contributed by atoms with van der Waals surface area (Å²) in [6.07, 6.45) is 3.18. The first-order chi connectivity index (χ1) is 15.6. The third-order valence-corrected chi connectivity index (χ3v) is 5.20. The van der Waals surface area contributed by atoms with E-state index in [0.29, 0.717) is 39.6 Å². The third kappa shape index (κ3) is 3.83. The van der Waals surface area contributed by atoms with Gasteiger partial charge in [-0.25, -0.2) is 14.8 Å². The summed E-state index contributed by atoms with van der Waals surface area (Å²) < 4.78 is 11.1. The van der Waals surface area contributed by atoms with Crippen LogP contribution in [-0.4, -0.2) is 16.0 Å². The minimum absolute atomic E-state index is 0.334. The third-order valence-electron chi connectivity index (χ3n) is 5.20. The summed E-state index contributed by atoms with van der Waals surface area (Å²) in [4.78, 5) is 22.0. The first kappa shape index (κ1) is 19.6. The fraction of sp³-hybridized carbons (Fsp3) is 0.0800. The summed E-state index contributed by atoms with van der Waals surface area (Å²) >= 11 is 0. The molecule has 5 rings (SSSR count). The molecule has 7 heteroatoms. The van der Waals surface area contributed by atoms with Crippen molar-refractivity contribution in [2.24, 2.45) is 0 Å². The lowest BCUT2D eigenvalue weighted by molar-refractivity contribution is 0.262. The van der Waals surface area contributed by atoms with Crippen molar-refractivity contribution >= 4 is 28.4 Å². The van der Waals surface area contributed by atoms with Crippen LogP contribution < -0.4 is 10.6 Å². The molecule has 7 nitrogen and oxygen atoms in total. The van der Waals surface area contributed by atoms with Crippen molar-refractivity contribution in [2.45, 2.75) is 13.8 Å². The second-order valence-corrected chi connectivity index (χ2v) is 7.46. The van der Waals surface area contributed by atoms with Gasteiger partial charge in [-0.1, -0.05) is 6.07 Å². The van der Waals surface area contributed by atoms with Crippen LogP contribution in [0.4, 0.5) is 16.2 Å². The summed E-state index contributed by atoms with van der Waals surface area (Å²) in [7, 11) is 0. The molecule has 2 N–H and O–H groups in total. The number of nitrogens with zero attached hydrogens (tertiary/aromatic N) is 2. The maximum atomic E-state index is 12.5. The van der Waals surface area contributed by atoms with E-state index < -0.39 is 0 Å². The van der Waals surface area contributed by atoms with Crippen LogP contribution in [0.3, 0.4) is 0 Å². The number of furan rings is 2. The Bertz CT molecular complexity index is 1410. The van der Waals surface area contributed by atoms with Crippen molar-refractivity contribution in [2.75, 3.05) is 10.6 Å². The highest BCUT2D eigenvalue weighted by atomic mass is 16.3. The molecule has 0 aliphatic rings. The van der Waals surface area contributed by atoms with Crippen LogP contribution >= 0.6 is 0 Å². The predicted octanol–water partition coefficient (Wildman–Crippen LogP) is 6.41. The second-order valence-electron chi connectivity index (χ2n) is 7.46. The molecule has 32 heavy (non-hydrogen) atoms. The number of hydrogen-bond acceptors (Lipinski definition) is 5. The van der Waals surface area contributed by atoms with Crippen LogP contribution in [-0.2, 0) is 0 Å². The van der Waals surface area contributed by atoms with Crippen LogP contribution in [0, 0.1) is 13.8 Å². The van der Waals surface area contributed by atoms with Gasteiger partial charge in [-0.05, 0) is 79.6 Å². The number of aryl methyl sites for hydroxylation is 2. The van der Waals surface area contributed by atoms with Gasteiger partial charge in [0.15, 0.2) is 11.5 Å². The number of fused-ring (bicyclic) bond motifs is 1. The molecule has 158 valence electrons. The predicted molar refractivity (Wildman–Crippen MR) is 123 cm³/mol. The number of carbonyl (C=O) groups excluding carboxylic acids is 1. The Hall–Kier alpha value is -4.39. The van der Waals surface area contributed by atoms with Crippen molar-refractivity contribution in [3.8, 4) is 22.9 Å². The Morgan fingerprint density at radius 1 is 0.719 bits per heavy atom. The number of aromatic nitrogens is 2. The molecule has 0 spiro atoms. The van der Waals surface area contributed by atoms with E-state index in [4.69, 9.17) is 18.8 Å². The van der Waals surface area contributed by atoms with Crippen molar-refractivity contribution in [1.82, 2.24) is 9.97 Å². The fourth-order valence-electron chi connectivity index (χ4n) is 3.41. The van der Waals surface area contributed by atoms with Crippen LogP contribution in [0.15, 0.2) is 82.0 Å². The minimum Gasteiger partial charge on any atom is -0.463 e. The zero-order valence-electron chi connectivity index (χ0n) is 17.5. The Morgan fingerprint density at radius 2 is 1.31 bits per heavy atom. The SMILES string of the molecule is Cc1ccc(NC(=O)Nc2ccc3nc(-c4ccco4)c(-c4ccco4)nc3c2)cc1C. The van der Waals surface area contributed by atoms with Gasteiger partial charge in [0.25, 0.3) is 0 Å². The maximum absolute atomic E-state index is 12.5. The van der Waals surface area contributed by atoms with Crippen molar-refractivity contribution in [1.29, 1.82) is 0 Å². The molecular weight excluding hydrogens is 404 g/mol. The van der Waals surface area contributed by atoms with E-state index in [2.05, 4.69) is 10.6 Å². The number of amides is 2. The van der Waals surface area contributed by atoms with Crippen LogP contribution in [0.1, 0.15) is 11.1 Å². The molecule has 0 fully saturated rings. The molecule has 0 radical (unpaired) electrons. The van der Waals surface area contributed by atoms with Crippen LogP contribution in [0.2, 0.25) is 0 Å². The van der Waals surface area contributed by atoms with Crippen LogP contribution in [0.25, 0.3) is 33.9 Å². The lowest BCUT2D eigenvalue weighted by Crippen LogP contribution is -2.19. The normalized spacial score (nSPS) is 10.9. The highest BCUT2D eigenvalue weighted by Gasteiger charge is 2.17. The number of rotatable bonds is 4. The van der Waals surface area contributed by atoms with Gasteiger partial charge in [-0.3, -0.25) is 0 Å². The minimum atomic E-state index is -0.334. The van der Waals surface area contributed by atoms with Crippen LogP contribution in [0.5, 0.6) is 0 Å². The largest absolute Gasteiger partial charge is 0.463 e. The topological polar surface area (TPSA) is 93.2 Å². The van der Waals surface area contributed by atoms with Gasteiger partial charge in [-0.2, -0.15) is 0 Å². The highest BCUT2D eigenvalue weighted by molar-refractivity contribution is 6.01. The van der Waals surface area contributed by atoms with Gasteiger partial charge in [-0.15, -0.1) is 0 Å². The quantitative estimate of drug-likeness (QED) is 0.348. The van der Waals surface area contributed by atoms with Gasteiger partial charge in [0.2, 0.25) is 0 Å². The molecule has 0 unspecified atom stereocenters. The molecule has 2 amide bonds. The van der Waals surface area contributed by atoms with Gasteiger partial charge in [0.1, 0.15) is 11.4 Å². The number of benzene rings is 2. The molecule has 0 saturated carbocycles. The Kier molecular flexibility index (Phi) is 4.91. The monoisotopic (exact) mass is 424 g/mol. The maximum Gasteiger partial charge on any atom is 0.323 e. The van der Waals surface area contributed by atoms with Gasteiger partial charge in [0.05, 0.1) is 23.6 Å². The second kappa shape index (κ2) is 8.03. The van der Waals surface area contributed by atoms with E-state index in [1.165, 1.54) is 5.56 Å². The number of hydrogen-bond donors (Lipinski definition) is 2. The summed E-state index contributed by atoms with van der Waals surface area (Å²) in [5.74, 6) is 1.18. The number of nitrogens with one attached hydrogen (secondary N) is 2. The Labute approximate surface area is 184 Å². The zero-order chi connectivity index (χ0) is 22.1. The fourth-order valence-corrected chi connectivity index (χ4v) is 3.41. The molecule has 0 aliphatic heterocycles. The average molecular weight is 424 g/mol. The van der Waals surface area contributed by atoms with E-state index in [-0.39, 0.29) is 6.03 Å². The first-order valence-electron chi connectivity index (χ1n) is 10.1. The number of carbonyl (C=O) groups is 1. The molecule has 5 aromatic rings. The molecule has 0 bridgehead atoms. The summed E-state index contributed by atoms with van der Waals surface area (Å²) in [6, 6.07) is 18.1. The lowest BCUT2D eigenvalue weighted by Gasteiger charge is -2.11.